The van der Waals surface area contributed by atoms with E-state index in [4.69, 9.17) is 16.2 Å². The van der Waals surface area contributed by atoms with Crippen molar-refractivity contribution in [3.63, 3.8) is 0 Å². The molecule has 0 saturated heterocycles. The molecule has 0 spiro atoms. The number of nitrogens with two attached hydrogens (primary N) is 2. The Balaban J connectivity index is 1.96. The van der Waals surface area contributed by atoms with E-state index in [9.17, 15) is 26.4 Å². The van der Waals surface area contributed by atoms with Gasteiger partial charge in [0.2, 0.25) is 15.7 Å². The summed E-state index contributed by atoms with van der Waals surface area (Å²) in [6.45, 7) is 0. The van der Waals surface area contributed by atoms with Gasteiger partial charge in [0.1, 0.15) is 11.5 Å². The average molecular weight is 450 g/mol. The smallest absolute Gasteiger partial charge is 0.416 e. The number of rotatable bonds is 6. The molecule has 3 rings (SSSR count). The summed E-state index contributed by atoms with van der Waals surface area (Å²) in [5.41, 5.74) is 9.88. The lowest BCUT2D eigenvalue weighted by Crippen LogP contribution is -2.14. The van der Waals surface area contributed by atoms with Gasteiger partial charge in [0.05, 0.1) is 27.5 Å². The van der Waals surface area contributed by atoms with Crippen LogP contribution in [0.25, 0.3) is 0 Å². The fourth-order valence-electron chi connectivity index (χ4n) is 2.84. The van der Waals surface area contributed by atoms with Crippen LogP contribution in [0.3, 0.4) is 0 Å². The van der Waals surface area contributed by atoms with E-state index in [0.29, 0.717) is 0 Å². The number of nitrogen functional groups attached to an aromatic ring is 1. The third-order valence-corrected chi connectivity index (χ3v) is 6.01. The largest absolute Gasteiger partial charge is 0.455 e. The molecule has 0 aromatic heterocycles. The number of anilines is 1. The minimum atomic E-state index is -4.68. The molecule has 0 saturated carbocycles. The highest BCUT2D eigenvalue weighted by atomic mass is 32.2. The Morgan fingerprint density at radius 1 is 0.935 bits per heavy atom. The van der Waals surface area contributed by atoms with Gasteiger partial charge in [-0.2, -0.15) is 13.2 Å². The van der Waals surface area contributed by atoms with Crippen LogP contribution in [0.2, 0.25) is 0 Å². The summed E-state index contributed by atoms with van der Waals surface area (Å²) in [6.07, 6.45) is -5.09. The highest BCUT2D eigenvalue weighted by Gasteiger charge is 2.31. The van der Waals surface area contributed by atoms with E-state index in [1.165, 1.54) is 30.3 Å². The zero-order chi connectivity index (χ0) is 22.8. The highest BCUT2D eigenvalue weighted by Crippen LogP contribution is 2.36. The van der Waals surface area contributed by atoms with E-state index in [1.807, 2.05) is 0 Å². The summed E-state index contributed by atoms with van der Waals surface area (Å²) in [4.78, 5) is 11.1. The third-order valence-electron chi connectivity index (χ3n) is 4.24. The molecule has 31 heavy (non-hydrogen) atoms. The maximum atomic E-state index is 13.2. The van der Waals surface area contributed by atoms with Crippen LogP contribution in [-0.4, -0.2) is 14.3 Å². The summed E-state index contributed by atoms with van der Waals surface area (Å²) < 4.78 is 70.4. The molecule has 0 heterocycles. The predicted molar refractivity (Wildman–Crippen MR) is 107 cm³/mol. The summed E-state index contributed by atoms with van der Waals surface area (Å²) in [5.74, 6) is -1.08. The topological polar surface area (TPSA) is 112 Å². The van der Waals surface area contributed by atoms with Crippen LogP contribution < -0.4 is 16.2 Å². The predicted octanol–water partition coefficient (Wildman–Crippen LogP) is 3.94. The molecule has 3 aromatic carbocycles. The molecular formula is C21H17F3N2O4S. The molecule has 0 aliphatic carbocycles. The number of benzene rings is 3. The molecule has 10 heteroatoms. The molecule has 0 aliphatic rings. The summed E-state index contributed by atoms with van der Waals surface area (Å²) in [5, 5.41) is 0. The van der Waals surface area contributed by atoms with Crippen LogP contribution >= 0.6 is 0 Å². The maximum absolute atomic E-state index is 13.2. The Morgan fingerprint density at radius 2 is 1.61 bits per heavy atom. The van der Waals surface area contributed by atoms with E-state index in [0.717, 1.165) is 18.2 Å². The number of primary amides is 1. The van der Waals surface area contributed by atoms with Crippen molar-refractivity contribution in [1.82, 2.24) is 0 Å². The fourth-order valence-corrected chi connectivity index (χ4v) is 4.15. The first kappa shape index (κ1) is 22.2. The van der Waals surface area contributed by atoms with Crippen LogP contribution in [-0.2, 0) is 27.2 Å². The van der Waals surface area contributed by atoms with Gasteiger partial charge in [-0.05, 0) is 54.1 Å². The Morgan fingerprint density at radius 3 is 2.19 bits per heavy atom. The van der Waals surface area contributed by atoms with E-state index in [1.54, 1.807) is 18.2 Å². The molecule has 0 radical (unpaired) electrons. The Kier molecular flexibility index (Phi) is 5.94. The van der Waals surface area contributed by atoms with Gasteiger partial charge in [-0.15, -0.1) is 0 Å². The first-order chi connectivity index (χ1) is 14.5. The van der Waals surface area contributed by atoms with E-state index in [2.05, 4.69) is 0 Å². The molecule has 4 N–H and O–H groups in total. The number of halogens is 3. The minimum absolute atomic E-state index is 0.0131. The SMILES string of the molecule is NC(=O)Cc1cc(Oc2ccc(S(=O)(=O)c3ccccc3)cc2N)cc(C(F)(F)F)c1. The zero-order valence-corrected chi connectivity index (χ0v) is 16.7. The number of carbonyl (C=O) groups is 1. The van der Waals surface area contributed by atoms with Crippen molar-refractivity contribution in [2.45, 2.75) is 22.4 Å². The molecule has 0 aliphatic heterocycles. The van der Waals surface area contributed by atoms with Crippen molar-refractivity contribution < 1.29 is 31.1 Å². The van der Waals surface area contributed by atoms with E-state index < -0.39 is 33.9 Å². The normalized spacial score (nSPS) is 11.8. The standard InChI is InChI=1S/C21H17F3N2O4S/c22-21(23,24)14-8-13(10-20(26)27)9-15(11-14)30-19-7-6-17(12-18(19)25)31(28,29)16-4-2-1-3-5-16/h1-9,11-12H,10,25H2,(H2,26,27). The van der Waals surface area contributed by atoms with Crippen molar-refractivity contribution in [3.05, 3.63) is 77.9 Å². The van der Waals surface area contributed by atoms with Gasteiger partial charge in [-0.3, -0.25) is 4.79 Å². The molecule has 1 amide bonds. The Bertz CT molecular complexity index is 1230. The van der Waals surface area contributed by atoms with E-state index in [-0.39, 0.29) is 32.5 Å². The number of amides is 1. The quantitative estimate of drug-likeness (QED) is 0.553. The molecular weight excluding hydrogens is 433 g/mol. The van der Waals surface area contributed by atoms with Gasteiger partial charge in [0.25, 0.3) is 0 Å². The van der Waals surface area contributed by atoms with Crippen molar-refractivity contribution in [2.75, 3.05) is 5.73 Å². The van der Waals surface area contributed by atoms with Crippen molar-refractivity contribution in [1.29, 1.82) is 0 Å². The lowest BCUT2D eigenvalue weighted by molar-refractivity contribution is -0.137. The summed E-state index contributed by atoms with van der Waals surface area (Å²) in [6, 6.07) is 14.1. The van der Waals surface area contributed by atoms with E-state index >= 15 is 0 Å². The number of alkyl halides is 3. The first-order valence-corrected chi connectivity index (χ1v) is 10.3. The Labute approximate surface area is 176 Å². The fraction of sp³-hybridized carbons (Fsp3) is 0.0952. The lowest BCUT2D eigenvalue weighted by atomic mass is 10.1. The van der Waals surface area contributed by atoms with Crippen molar-refractivity contribution >= 4 is 21.4 Å². The Hall–Kier alpha value is -3.53. The van der Waals surface area contributed by atoms with Gasteiger partial charge in [-0.1, -0.05) is 18.2 Å². The number of carbonyl (C=O) groups excluding carboxylic acids is 1. The van der Waals surface area contributed by atoms with Crippen molar-refractivity contribution in [2.24, 2.45) is 5.73 Å². The lowest BCUT2D eigenvalue weighted by Gasteiger charge is -2.14. The molecule has 6 nitrogen and oxygen atoms in total. The second kappa shape index (κ2) is 8.31. The monoisotopic (exact) mass is 450 g/mol. The van der Waals surface area contributed by atoms with Crippen LogP contribution in [0.4, 0.5) is 18.9 Å². The average Bonchev–Trinajstić information content (AvgIpc) is 2.69. The van der Waals surface area contributed by atoms with Gasteiger partial charge >= 0.3 is 6.18 Å². The third kappa shape index (κ3) is 5.15. The van der Waals surface area contributed by atoms with Gasteiger partial charge < -0.3 is 16.2 Å². The molecule has 0 bridgehead atoms. The highest BCUT2D eigenvalue weighted by molar-refractivity contribution is 7.91. The van der Waals surface area contributed by atoms with Crippen molar-refractivity contribution in [3.8, 4) is 11.5 Å². The first-order valence-electron chi connectivity index (χ1n) is 8.84. The summed E-state index contributed by atoms with van der Waals surface area (Å²) in [7, 11) is -3.83. The van der Waals surface area contributed by atoms with Crippen LogP contribution in [0.1, 0.15) is 11.1 Å². The molecule has 0 unspecified atom stereocenters. The van der Waals surface area contributed by atoms with Crippen LogP contribution in [0.5, 0.6) is 11.5 Å². The summed E-state index contributed by atoms with van der Waals surface area (Å²) >= 11 is 0. The molecule has 162 valence electrons. The minimum Gasteiger partial charge on any atom is -0.455 e. The van der Waals surface area contributed by atoms with Crippen LogP contribution in [0, 0.1) is 0 Å². The number of hydrogen-bond donors (Lipinski definition) is 2. The molecule has 3 aromatic rings. The number of hydrogen-bond acceptors (Lipinski definition) is 5. The maximum Gasteiger partial charge on any atom is 0.416 e. The molecule has 0 fully saturated rings. The number of ether oxygens (including phenoxy) is 1. The zero-order valence-electron chi connectivity index (χ0n) is 15.9. The van der Waals surface area contributed by atoms with Gasteiger partial charge in [0.15, 0.2) is 0 Å². The van der Waals surface area contributed by atoms with Crippen LogP contribution in [0.15, 0.2) is 76.5 Å². The van der Waals surface area contributed by atoms with Gasteiger partial charge in [0, 0.05) is 0 Å². The number of sulfone groups is 1. The molecule has 0 atom stereocenters. The second-order valence-electron chi connectivity index (χ2n) is 6.62. The second-order valence-corrected chi connectivity index (χ2v) is 8.57. The van der Waals surface area contributed by atoms with Gasteiger partial charge in [-0.25, -0.2) is 8.42 Å².